The lowest BCUT2D eigenvalue weighted by atomic mass is 10.1. The molecule has 1 aromatic heterocycles. The molecule has 0 amide bonds. The number of aromatic nitrogens is 1. The van der Waals surface area contributed by atoms with E-state index >= 15 is 0 Å². The summed E-state index contributed by atoms with van der Waals surface area (Å²) >= 11 is 0. The van der Waals surface area contributed by atoms with Gasteiger partial charge in [0.2, 0.25) is 10.0 Å². The molecule has 2 heterocycles. The van der Waals surface area contributed by atoms with Crippen LogP contribution < -0.4 is 9.47 Å². The van der Waals surface area contributed by atoms with Crippen molar-refractivity contribution in [2.45, 2.75) is 17.7 Å². The third-order valence-corrected chi connectivity index (χ3v) is 7.27. The van der Waals surface area contributed by atoms with Crippen LogP contribution in [0, 0.1) is 0 Å². The molecule has 1 fully saturated rings. The lowest BCUT2D eigenvalue weighted by Crippen LogP contribution is -2.27. The molecule has 170 valence electrons. The highest BCUT2D eigenvalue weighted by Crippen LogP contribution is 2.30. The molecule has 1 saturated heterocycles. The quantitative estimate of drug-likeness (QED) is 0.384. The zero-order chi connectivity index (χ0) is 23.3. The van der Waals surface area contributed by atoms with Gasteiger partial charge in [-0.1, -0.05) is 18.2 Å². The van der Waals surface area contributed by atoms with Crippen molar-refractivity contribution in [1.82, 2.24) is 9.29 Å². The maximum Gasteiger partial charge on any atom is 0.343 e. The Bertz CT molecular complexity index is 1250. The van der Waals surface area contributed by atoms with Crippen molar-refractivity contribution in [3.8, 4) is 11.5 Å². The van der Waals surface area contributed by atoms with Crippen molar-refractivity contribution in [2.24, 2.45) is 0 Å². The van der Waals surface area contributed by atoms with E-state index in [1.54, 1.807) is 24.5 Å². The molecule has 0 saturated carbocycles. The molecule has 8 heteroatoms. The number of carbonyl (C=O) groups is 1. The Labute approximate surface area is 193 Å². The smallest absolute Gasteiger partial charge is 0.343 e. The number of benzene rings is 2. The van der Waals surface area contributed by atoms with E-state index in [-0.39, 0.29) is 16.2 Å². The number of carbonyl (C=O) groups excluding carboxylic acids is 1. The first-order valence-electron chi connectivity index (χ1n) is 10.6. The van der Waals surface area contributed by atoms with Gasteiger partial charge in [-0.25, -0.2) is 13.2 Å². The van der Waals surface area contributed by atoms with E-state index in [0.717, 1.165) is 24.0 Å². The Hall–Kier alpha value is -3.49. The van der Waals surface area contributed by atoms with Crippen LogP contribution in [-0.4, -0.2) is 43.9 Å². The van der Waals surface area contributed by atoms with Crippen molar-refractivity contribution < 1.29 is 22.7 Å². The molecule has 0 radical (unpaired) electrons. The van der Waals surface area contributed by atoms with Gasteiger partial charge in [-0.2, -0.15) is 4.31 Å². The monoisotopic (exact) mass is 464 g/mol. The number of sulfonamides is 1. The van der Waals surface area contributed by atoms with Crippen LogP contribution in [0.15, 0.2) is 71.9 Å². The topological polar surface area (TPSA) is 85.8 Å². The fourth-order valence-electron chi connectivity index (χ4n) is 3.54. The number of rotatable bonds is 7. The van der Waals surface area contributed by atoms with E-state index in [2.05, 4.69) is 4.98 Å². The molecular weight excluding hydrogens is 440 g/mol. The van der Waals surface area contributed by atoms with Gasteiger partial charge in [0.25, 0.3) is 0 Å². The first-order chi connectivity index (χ1) is 16.0. The van der Waals surface area contributed by atoms with Crippen LogP contribution in [0.3, 0.4) is 0 Å². The second kappa shape index (κ2) is 9.97. The number of methoxy groups -OCH3 is 1. The number of hydrogen-bond acceptors (Lipinski definition) is 6. The van der Waals surface area contributed by atoms with Crippen molar-refractivity contribution in [3.05, 3.63) is 83.7 Å². The Morgan fingerprint density at radius 1 is 0.909 bits per heavy atom. The summed E-state index contributed by atoms with van der Waals surface area (Å²) in [4.78, 5) is 16.8. The van der Waals surface area contributed by atoms with Crippen molar-refractivity contribution in [3.63, 3.8) is 0 Å². The Balaban J connectivity index is 1.47. The van der Waals surface area contributed by atoms with Gasteiger partial charge in [-0.05, 0) is 72.5 Å². The van der Waals surface area contributed by atoms with E-state index in [1.165, 1.54) is 35.7 Å². The molecule has 3 aromatic rings. The average molecular weight is 465 g/mol. The largest absolute Gasteiger partial charge is 0.493 e. The zero-order valence-electron chi connectivity index (χ0n) is 18.2. The second-order valence-electron chi connectivity index (χ2n) is 7.55. The molecule has 2 aromatic carbocycles. The minimum absolute atomic E-state index is 0.170. The minimum atomic E-state index is -3.53. The molecule has 33 heavy (non-hydrogen) atoms. The summed E-state index contributed by atoms with van der Waals surface area (Å²) in [5.74, 6) is 0.0873. The number of esters is 1. The van der Waals surface area contributed by atoms with E-state index in [1.807, 2.05) is 30.4 Å². The molecule has 0 bridgehead atoms. The SMILES string of the molecule is COc1cc(C=Cc2ccncc2)ccc1OC(=O)c1ccc(S(=O)(=O)N2CCCC2)cc1. The molecule has 1 aliphatic heterocycles. The lowest BCUT2D eigenvalue weighted by molar-refractivity contribution is 0.0729. The molecule has 1 aliphatic rings. The predicted molar refractivity (Wildman–Crippen MR) is 126 cm³/mol. The van der Waals surface area contributed by atoms with Gasteiger partial charge in [0.15, 0.2) is 11.5 Å². The minimum Gasteiger partial charge on any atom is -0.493 e. The summed E-state index contributed by atoms with van der Waals surface area (Å²) in [5.41, 5.74) is 2.13. The first-order valence-corrected chi connectivity index (χ1v) is 12.0. The third kappa shape index (κ3) is 5.30. The molecule has 0 unspecified atom stereocenters. The van der Waals surface area contributed by atoms with Crippen LogP contribution in [0.2, 0.25) is 0 Å². The summed E-state index contributed by atoms with van der Waals surface area (Å²) in [6.45, 7) is 1.05. The third-order valence-electron chi connectivity index (χ3n) is 5.36. The van der Waals surface area contributed by atoms with Gasteiger partial charge < -0.3 is 9.47 Å². The van der Waals surface area contributed by atoms with E-state index in [0.29, 0.717) is 18.8 Å². The molecule has 0 spiro atoms. The highest BCUT2D eigenvalue weighted by atomic mass is 32.2. The fourth-order valence-corrected chi connectivity index (χ4v) is 5.06. The fraction of sp³-hybridized carbons (Fsp3) is 0.200. The van der Waals surface area contributed by atoms with Crippen LogP contribution in [0.5, 0.6) is 11.5 Å². The summed E-state index contributed by atoms with van der Waals surface area (Å²) in [6.07, 6.45) is 9.03. The molecule has 0 atom stereocenters. The maximum absolute atomic E-state index is 12.7. The van der Waals surface area contributed by atoms with Gasteiger partial charge in [0.1, 0.15) is 0 Å². The normalized spacial score (nSPS) is 14.5. The number of ether oxygens (including phenoxy) is 2. The molecule has 4 rings (SSSR count). The highest BCUT2D eigenvalue weighted by molar-refractivity contribution is 7.89. The van der Waals surface area contributed by atoms with Crippen molar-refractivity contribution in [1.29, 1.82) is 0 Å². The summed E-state index contributed by atoms with van der Waals surface area (Å²) in [7, 11) is -2.03. The van der Waals surface area contributed by atoms with E-state index in [4.69, 9.17) is 9.47 Å². The second-order valence-corrected chi connectivity index (χ2v) is 9.49. The van der Waals surface area contributed by atoms with Gasteiger partial charge in [0, 0.05) is 25.5 Å². The molecule has 7 nitrogen and oxygen atoms in total. The number of nitrogens with zero attached hydrogens (tertiary/aromatic N) is 2. The van der Waals surface area contributed by atoms with Gasteiger partial charge in [0.05, 0.1) is 17.6 Å². The molecule has 0 aliphatic carbocycles. The van der Waals surface area contributed by atoms with Crippen LogP contribution in [-0.2, 0) is 10.0 Å². The summed E-state index contributed by atoms with van der Waals surface area (Å²) in [5, 5.41) is 0. The number of hydrogen-bond donors (Lipinski definition) is 0. The van der Waals surface area contributed by atoms with Crippen LogP contribution >= 0.6 is 0 Å². The lowest BCUT2D eigenvalue weighted by Gasteiger charge is -2.15. The van der Waals surface area contributed by atoms with Crippen LogP contribution in [0.1, 0.15) is 34.3 Å². The van der Waals surface area contributed by atoms with Crippen molar-refractivity contribution >= 4 is 28.1 Å². The average Bonchev–Trinajstić information content (AvgIpc) is 3.40. The Kier molecular flexibility index (Phi) is 6.86. The standard InChI is InChI=1S/C25H24N2O5S/c1-31-24-18-20(5-4-19-12-14-26-15-13-19)6-11-23(24)32-25(28)21-7-9-22(10-8-21)33(29,30)27-16-2-3-17-27/h4-15,18H,2-3,16-17H2,1H3. The van der Waals surface area contributed by atoms with E-state index < -0.39 is 16.0 Å². The zero-order valence-corrected chi connectivity index (χ0v) is 19.0. The summed E-state index contributed by atoms with van der Waals surface area (Å²) < 4.78 is 37.7. The highest BCUT2D eigenvalue weighted by Gasteiger charge is 2.27. The number of pyridine rings is 1. The van der Waals surface area contributed by atoms with Crippen LogP contribution in [0.4, 0.5) is 0 Å². The van der Waals surface area contributed by atoms with E-state index in [9.17, 15) is 13.2 Å². The first kappa shape index (κ1) is 22.7. The van der Waals surface area contributed by atoms with Crippen LogP contribution in [0.25, 0.3) is 12.2 Å². The Morgan fingerprint density at radius 3 is 2.24 bits per heavy atom. The van der Waals surface area contributed by atoms with Gasteiger partial charge in [-0.3, -0.25) is 4.98 Å². The van der Waals surface area contributed by atoms with Crippen molar-refractivity contribution in [2.75, 3.05) is 20.2 Å². The summed E-state index contributed by atoms with van der Waals surface area (Å²) in [6, 6.07) is 14.8. The van der Waals surface area contributed by atoms with Gasteiger partial charge >= 0.3 is 5.97 Å². The van der Waals surface area contributed by atoms with Gasteiger partial charge in [-0.15, -0.1) is 0 Å². The molecular formula is C25H24N2O5S. The Morgan fingerprint density at radius 2 is 1.58 bits per heavy atom. The molecule has 0 N–H and O–H groups in total. The maximum atomic E-state index is 12.7. The predicted octanol–water partition coefficient (Wildman–Crippen LogP) is 4.26.